The zero-order valence-electron chi connectivity index (χ0n) is 10.1. The van der Waals surface area contributed by atoms with Gasteiger partial charge in [-0.2, -0.15) is 5.26 Å². The van der Waals surface area contributed by atoms with E-state index in [0.29, 0.717) is 22.9 Å². The Bertz CT molecular complexity index is 412. The number of nitrogens with one attached hydrogen (secondary N) is 1. The highest BCUT2D eigenvalue weighted by atomic mass is 35.5. The Morgan fingerprint density at radius 1 is 1.47 bits per heavy atom. The zero-order valence-corrected chi connectivity index (χ0v) is 10.8. The maximum atomic E-state index is 9.01. The average molecular weight is 253 g/mol. The van der Waals surface area contributed by atoms with Crippen LogP contribution in [-0.2, 0) is 0 Å². The Morgan fingerprint density at radius 3 is 2.71 bits per heavy atom. The second-order valence-electron chi connectivity index (χ2n) is 4.31. The van der Waals surface area contributed by atoms with Gasteiger partial charge < -0.3 is 10.4 Å². The van der Waals surface area contributed by atoms with E-state index in [4.69, 9.17) is 22.0 Å². The SMILES string of the molecule is CC(C)C(CCO)Nc1cc(Cl)ccc1C#N. The van der Waals surface area contributed by atoms with Gasteiger partial charge in [-0.1, -0.05) is 25.4 Å². The van der Waals surface area contributed by atoms with Crippen LogP contribution in [0.4, 0.5) is 5.69 Å². The summed E-state index contributed by atoms with van der Waals surface area (Å²) < 4.78 is 0. The molecule has 0 aliphatic carbocycles. The molecule has 3 nitrogen and oxygen atoms in total. The predicted octanol–water partition coefficient (Wildman–Crippen LogP) is 3.03. The number of nitriles is 1. The lowest BCUT2D eigenvalue weighted by atomic mass is 10.0. The first-order valence-electron chi connectivity index (χ1n) is 5.65. The van der Waals surface area contributed by atoms with Crippen molar-refractivity contribution in [1.29, 1.82) is 5.26 Å². The molecule has 0 aromatic heterocycles. The Labute approximate surface area is 107 Å². The molecule has 0 heterocycles. The highest BCUT2D eigenvalue weighted by Gasteiger charge is 2.14. The van der Waals surface area contributed by atoms with Crippen molar-refractivity contribution in [2.75, 3.05) is 11.9 Å². The molecule has 0 saturated carbocycles. The summed E-state index contributed by atoms with van der Waals surface area (Å²) in [5.74, 6) is 0.368. The molecule has 17 heavy (non-hydrogen) atoms. The number of benzene rings is 1. The van der Waals surface area contributed by atoms with Crippen LogP contribution in [0.25, 0.3) is 0 Å². The van der Waals surface area contributed by atoms with Crippen LogP contribution >= 0.6 is 11.6 Å². The molecule has 0 aliphatic rings. The maximum absolute atomic E-state index is 9.01. The van der Waals surface area contributed by atoms with Crippen molar-refractivity contribution in [3.05, 3.63) is 28.8 Å². The van der Waals surface area contributed by atoms with Crippen LogP contribution in [0.15, 0.2) is 18.2 Å². The third kappa shape index (κ3) is 3.92. The first-order valence-corrected chi connectivity index (χ1v) is 6.03. The van der Waals surface area contributed by atoms with Crippen LogP contribution in [0.5, 0.6) is 0 Å². The molecule has 1 aromatic carbocycles. The van der Waals surface area contributed by atoms with Gasteiger partial charge in [0.1, 0.15) is 6.07 Å². The van der Waals surface area contributed by atoms with Gasteiger partial charge in [-0.25, -0.2) is 0 Å². The summed E-state index contributed by atoms with van der Waals surface area (Å²) in [6.07, 6.45) is 0.648. The topological polar surface area (TPSA) is 56.0 Å². The summed E-state index contributed by atoms with van der Waals surface area (Å²) >= 11 is 5.92. The minimum atomic E-state index is 0.123. The van der Waals surface area contributed by atoms with Crippen LogP contribution in [0, 0.1) is 17.2 Å². The molecule has 0 amide bonds. The summed E-state index contributed by atoms with van der Waals surface area (Å²) in [5.41, 5.74) is 1.30. The predicted molar refractivity (Wildman–Crippen MR) is 70.1 cm³/mol. The van der Waals surface area contributed by atoms with E-state index in [-0.39, 0.29) is 12.6 Å². The molecular weight excluding hydrogens is 236 g/mol. The van der Waals surface area contributed by atoms with Gasteiger partial charge >= 0.3 is 0 Å². The van der Waals surface area contributed by atoms with Crippen molar-refractivity contribution in [2.45, 2.75) is 26.3 Å². The molecule has 0 spiro atoms. The van der Waals surface area contributed by atoms with E-state index in [1.165, 1.54) is 0 Å². The second-order valence-corrected chi connectivity index (χ2v) is 4.75. The number of aliphatic hydroxyl groups excluding tert-OH is 1. The highest BCUT2D eigenvalue weighted by Crippen LogP contribution is 2.23. The number of rotatable bonds is 5. The van der Waals surface area contributed by atoms with E-state index in [2.05, 4.69) is 25.2 Å². The van der Waals surface area contributed by atoms with Gasteiger partial charge in [0, 0.05) is 17.7 Å². The number of hydrogen-bond acceptors (Lipinski definition) is 3. The van der Waals surface area contributed by atoms with Gasteiger partial charge in [-0.3, -0.25) is 0 Å². The van der Waals surface area contributed by atoms with Gasteiger partial charge in [-0.15, -0.1) is 0 Å². The molecule has 0 bridgehead atoms. The fourth-order valence-corrected chi connectivity index (χ4v) is 1.82. The lowest BCUT2D eigenvalue weighted by molar-refractivity contribution is 0.267. The standard InChI is InChI=1S/C13H17ClN2O/c1-9(2)12(5-6-17)16-13-7-11(14)4-3-10(13)8-15/h3-4,7,9,12,16-17H,5-6H2,1-2H3. The first-order chi connectivity index (χ1) is 8.08. The number of hydrogen-bond donors (Lipinski definition) is 2. The Hall–Kier alpha value is -1.24. The molecule has 2 N–H and O–H groups in total. The van der Waals surface area contributed by atoms with Gasteiger partial charge in [0.2, 0.25) is 0 Å². The third-order valence-corrected chi connectivity index (χ3v) is 2.92. The maximum Gasteiger partial charge on any atom is 0.101 e. The van der Waals surface area contributed by atoms with E-state index in [9.17, 15) is 0 Å². The lowest BCUT2D eigenvalue weighted by Gasteiger charge is -2.23. The van der Waals surface area contributed by atoms with Crippen molar-refractivity contribution in [2.24, 2.45) is 5.92 Å². The molecule has 1 atom stereocenters. The summed E-state index contributed by atoms with van der Waals surface area (Å²) in [6.45, 7) is 4.27. The van der Waals surface area contributed by atoms with Crippen molar-refractivity contribution < 1.29 is 5.11 Å². The van der Waals surface area contributed by atoms with E-state index >= 15 is 0 Å². The third-order valence-electron chi connectivity index (χ3n) is 2.69. The molecule has 1 rings (SSSR count). The molecule has 4 heteroatoms. The highest BCUT2D eigenvalue weighted by molar-refractivity contribution is 6.30. The Balaban J connectivity index is 2.92. The summed E-state index contributed by atoms with van der Waals surface area (Å²) in [7, 11) is 0. The van der Waals surface area contributed by atoms with E-state index in [1.54, 1.807) is 18.2 Å². The summed E-state index contributed by atoms with van der Waals surface area (Å²) in [6, 6.07) is 7.39. The van der Waals surface area contributed by atoms with Crippen molar-refractivity contribution in [3.63, 3.8) is 0 Å². The summed E-state index contributed by atoms with van der Waals surface area (Å²) in [4.78, 5) is 0. The van der Waals surface area contributed by atoms with Crippen molar-refractivity contribution in [3.8, 4) is 6.07 Å². The largest absolute Gasteiger partial charge is 0.396 e. The smallest absolute Gasteiger partial charge is 0.101 e. The van der Waals surface area contributed by atoms with E-state index in [1.807, 2.05) is 0 Å². The molecule has 0 saturated heterocycles. The van der Waals surface area contributed by atoms with Gasteiger partial charge in [0.15, 0.2) is 0 Å². The lowest BCUT2D eigenvalue weighted by Crippen LogP contribution is -2.27. The zero-order chi connectivity index (χ0) is 12.8. The van der Waals surface area contributed by atoms with Gasteiger partial charge in [-0.05, 0) is 30.5 Å². The van der Waals surface area contributed by atoms with E-state index in [0.717, 1.165) is 5.69 Å². The fourth-order valence-electron chi connectivity index (χ4n) is 1.64. The summed E-state index contributed by atoms with van der Waals surface area (Å²) in [5, 5.41) is 21.9. The van der Waals surface area contributed by atoms with Crippen molar-refractivity contribution >= 4 is 17.3 Å². The average Bonchev–Trinajstić information content (AvgIpc) is 2.28. The van der Waals surface area contributed by atoms with Crippen LogP contribution in [-0.4, -0.2) is 17.8 Å². The van der Waals surface area contributed by atoms with Gasteiger partial charge in [0.25, 0.3) is 0 Å². The number of anilines is 1. The first kappa shape index (κ1) is 13.8. The minimum absolute atomic E-state index is 0.123. The van der Waals surface area contributed by atoms with Crippen LogP contribution in [0.2, 0.25) is 5.02 Å². The number of halogens is 1. The normalized spacial score (nSPS) is 12.2. The fraction of sp³-hybridized carbons (Fsp3) is 0.462. The van der Waals surface area contributed by atoms with E-state index < -0.39 is 0 Å². The molecule has 0 aliphatic heterocycles. The monoisotopic (exact) mass is 252 g/mol. The second kappa shape index (κ2) is 6.48. The van der Waals surface area contributed by atoms with Gasteiger partial charge in [0.05, 0.1) is 11.3 Å². The molecule has 0 radical (unpaired) electrons. The molecule has 92 valence electrons. The Morgan fingerprint density at radius 2 is 2.18 bits per heavy atom. The molecule has 0 fully saturated rings. The molecular formula is C13H17ClN2O. The van der Waals surface area contributed by atoms with Crippen LogP contribution in [0.3, 0.4) is 0 Å². The van der Waals surface area contributed by atoms with Crippen LogP contribution < -0.4 is 5.32 Å². The Kier molecular flexibility index (Phi) is 5.27. The number of aliphatic hydroxyl groups is 1. The molecule has 1 unspecified atom stereocenters. The quantitative estimate of drug-likeness (QED) is 0.847. The molecule has 1 aromatic rings. The minimum Gasteiger partial charge on any atom is -0.396 e. The van der Waals surface area contributed by atoms with Crippen LogP contribution in [0.1, 0.15) is 25.8 Å². The van der Waals surface area contributed by atoms with Crippen molar-refractivity contribution in [1.82, 2.24) is 0 Å². The number of nitrogens with zero attached hydrogens (tertiary/aromatic N) is 1.